The van der Waals surface area contributed by atoms with Crippen LogP contribution in [-0.2, 0) is 6.54 Å². The van der Waals surface area contributed by atoms with Gasteiger partial charge in [-0.3, -0.25) is 9.78 Å². The number of aromatic nitrogens is 1. The van der Waals surface area contributed by atoms with E-state index in [0.29, 0.717) is 12.2 Å². The molecule has 3 aromatic rings. The Hall–Kier alpha value is -3.14. The molecule has 4 heteroatoms. The molecule has 0 radical (unpaired) electrons. The van der Waals surface area contributed by atoms with E-state index in [0.717, 1.165) is 23.5 Å². The second kappa shape index (κ2) is 8.30. The number of hydrogen-bond donors (Lipinski definition) is 0. The summed E-state index contributed by atoms with van der Waals surface area (Å²) in [5, 5.41) is 0. The molecule has 0 N–H and O–H groups in total. The molecule has 1 aromatic heterocycles. The van der Waals surface area contributed by atoms with Gasteiger partial charge < -0.3 is 9.80 Å². The van der Waals surface area contributed by atoms with Gasteiger partial charge in [-0.1, -0.05) is 48.5 Å². The van der Waals surface area contributed by atoms with Gasteiger partial charge in [0.15, 0.2) is 0 Å². The molecule has 1 amide bonds. The number of pyridine rings is 1. The molecule has 0 aliphatic heterocycles. The Morgan fingerprint density at radius 3 is 2.23 bits per heavy atom. The molecule has 0 fully saturated rings. The number of hydrogen-bond acceptors (Lipinski definition) is 3. The highest BCUT2D eigenvalue weighted by Gasteiger charge is 2.16. The minimum Gasteiger partial charge on any atom is -0.342 e. The molecular weight excluding hydrogens is 322 g/mol. The van der Waals surface area contributed by atoms with E-state index < -0.39 is 0 Å². The number of rotatable bonds is 6. The third-order valence-electron chi connectivity index (χ3n) is 4.27. The number of nitrogens with zero attached hydrogens (tertiary/aromatic N) is 3. The summed E-state index contributed by atoms with van der Waals surface area (Å²) in [5.74, 6) is -0.0835. The summed E-state index contributed by atoms with van der Waals surface area (Å²) in [4.78, 5) is 20.9. The van der Waals surface area contributed by atoms with Crippen molar-refractivity contribution in [1.82, 2.24) is 9.88 Å². The number of amides is 1. The van der Waals surface area contributed by atoms with Crippen LogP contribution in [0.2, 0.25) is 0 Å². The SMILES string of the molecule is CCN(c1ccccc1)c1ccnc(C(=O)N(C)Cc2ccccc2)c1. The van der Waals surface area contributed by atoms with Gasteiger partial charge in [-0.15, -0.1) is 0 Å². The van der Waals surface area contributed by atoms with Crippen molar-refractivity contribution >= 4 is 17.3 Å². The van der Waals surface area contributed by atoms with E-state index in [1.807, 2.05) is 60.7 Å². The maximum Gasteiger partial charge on any atom is 0.272 e. The van der Waals surface area contributed by atoms with Crippen LogP contribution in [-0.4, -0.2) is 29.4 Å². The topological polar surface area (TPSA) is 36.4 Å². The van der Waals surface area contributed by atoms with E-state index in [4.69, 9.17) is 0 Å². The van der Waals surface area contributed by atoms with Crippen molar-refractivity contribution in [1.29, 1.82) is 0 Å². The Morgan fingerprint density at radius 2 is 1.58 bits per heavy atom. The van der Waals surface area contributed by atoms with Gasteiger partial charge in [0.2, 0.25) is 0 Å². The van der Waals surface area contributed by atoms with Gasteiger partial charge in [-0.25, -0.2) is 0 Å². The van der Waals surface area contributed by atoms with Gasteiger partial charge in [-0.2, -0.15) is 0 Å². The van der Waals surface area contributed by atoms with Gasteiger partial charge in [0.1, 0.15) is 5.69 Å². The van der Waals surface area contributed by atoms with Crippen molar-refractivity contribution in [2.75, 3.05) is 18.5 Å². The molecule has 0 unspecified atom stereocenters. The first-order valence-electron chi connectivity index (χ1n) is 8.77. The van der Waals surface area contributed by atoms with Crippen molar-refractivity contribution in [3.8, 4) is 0 Å². The molecule has 132 valence electrons. The van der Waals surface area contributed by atoms with Gasteiger partial charge in [0, 0.05) is 37.7 Å². The zero-order valence-electron chi connectivity index (χ0n) is 15.2. The van der Waals surface area contributed by atoms with Crippen molar-refractivity contribution in [2.45, 2.75) is 13.5 Å². The maximum atomic E-state index is 12.8. The van der Waals surface area contributed by atoms with Crippen molar-refractivity contribution in [3.05, 3.63) is 90.3 Å². The predicted molar refractivity (Wildman–Crippen MR) is 106 cm³/mol. The van der Waals surface area contributed by atoms with Gasteiger partial charge in [0.05, 0.1) is 0 Å². The first-order valence-corrected chi connectivity index (χ1v) is 8.77. The highest BCUT2D eigenvalue weighted by atomic mass is 16.2. The standard InChI is InChI=1S/C22H23N3O/c1-3-25(19-12-8-5-9-13-19)20-14-15-23-21(16-20)22(26)24(2)17-18-10-6-4-7-11-18/h4-16H,3,17H2,1-2H3. The number of carbonyl (C=O) groups excluding carboxylic acids is 1. The van der Waals surface area contributed by atoms with E-state index in [2.05, 4.69) is 28.9 Å². The fraction of sp³-hybridized carbons (Fsp3) is 0.182. The number of carbonyl (C=O) groups is 1. The van der Waals surface area contributed by atoms with Gasteiger partial charge >= 0.3 is 0 Å². The summed E-state index contributed by atoms with van der Waals surface area (Å²) in [6.07, 6.45) is 1.70. The Bertz CT molecular complexity index is 850. The lowest BCUT2D eigenvalue weighted by molar-refractivity contribution is 0.0779. The van der Waals surface area contributed by atoms with E-state index in [1.165, 1.54) is 0 Å². The summed E-state index contributed by atoms with van der Waals surface area (Å²) in [6, 6.07) is 23.9. The molecule has 2 aromatic carbocycles. The van der Waals surface area contributed by atoms with E-state index >= 15 is 0 Å². The molecular formula is C22H23N3O. The molecule has 3 rings (SSSR count). The van der Waals surface area contributed by atoms with Crippen molar-refractivity contribution in [3.63, 3.8) is 0 Å². The summed E-state index contributed by atoms with van der Waals surface area (Å²) in [5.41, 5.74) is 3.61. The Balaban J connectivity index is 1.81. The zero-order chi connectivity index (χ0) is 18.4. The highest BCUT2D eigenvalue weighted by molar-refractivity contribution is 5.93. The lowest BCUT2D eigenvalue weighted by Crippen LogP contribution is -2.27. The molecule has 4 nitrogen and oxygen atoms in total. The van der Waals surface area contributed by atoms with Crippen LogP contribution in [0.5, 0.6) is 0 Å². The summed E-state index contributed by atoms with van der Waals surface area (Å²) in [7, 11) is 1.80. The fourth-order valence-corrected chi connectivity index (χ4v) is 2.95. The van der Waals surface area contributed by atoms with E-state index in [1.54, 1.807) is 18.1 Å². The molecule has 0 saturated heterocycles. The summed E-state index contributed by atoms with van der Waals surface area (Å²) >= 11 is 0. The zero-order valence-corrected chi connectivity index (χ0v) is 15.2. The first-order chi connectivity index (χ1) is 12.7. The average molecular weight is 345 g/mol. The van der Waals surface area contributed by atoms with Crippen molar-refractivity contribution < 1.29 is 4.79 Å². The van der Waals surface area contributed by atoms with Crippen LogP contribution < -0.4 is 4.90 Å². The Morgan fingerprint density at radius 1 is 0.923 bits per heavy atom. The van der Waals surface area contributed by atoms with Crippen LogP contribution >= 0.6 is 0 Å². The molecule has 0 spiro atoms. The largest absolute Gasteiger partial charge is 0.342 e. The minimum absolute atomic E-state index is 0.0835. The maximum absolute atomic E-state index is 12.8. The second-order valence-electron chi connectivity index (χ2n) is 6.13. The Kier molecular flexibility index (Phi) is 5.64. The van der Waals surface area contributed by atoms with Crippen LogP contribution in [0.15, 0.2) is 79.0 Å². The third-order valence-corrected chi connectivity index (χ3v) is 4.27. The lowest BCUT2D eigenvalue weighted by Gasteiger charge is -2.24. The summed E-state index contributed by atoms with van der Waals surface area (Å²) in [6.45, 7) is 3.46. The highest BCUT2D eigenvalue weighted by Crippen LogP contribution is 2.25. The monoisotopic (exact) mass is 345 g/mol. The smallest absolute Gasteiger partial charge is 0.272 e. The fourth-order valence-electron chi connectivity index (χ4n) is 2.95. The summed E-state index contributed by atoms with van der Waals surface area (Å²) < 4.78 is 0. The number of benzene rings is 2. The molecule has 0 aliphatic carbocycles. The van der Waals surface area contributed by atoms with Crippen LogP contribution in [0, 0.1) is 0 Å². The van der Waals surface area contributed by atoms with Gasteiger partial charge in [-0.05, 0) is 36.8 Å². The Labute approximate surface area is 154 Å². The van der Waals surface area contributed by atoms with Crippen molar-refractivity contribution in [2.24, 2.45) is 0 Å². The van der Waals surface area contributed by atoms with Gasteiger partial charge in [0.25, 0.3) is 5.91 Å². The number of para-hydroxylation sites is 1. The molecule has 0 atom stereocenters. The van der Waals surface area contributed by atoms with Crippen LogP contribution in [0.3, 0.4) is 0 Å². The van der Waals surface area contributed by atoms with Crippen LogP contribution in [0.25, 0.3) is 0 Å². The molecule has 1 heterocycles. The van der Waals surface area contributed by atoms with Crippen LogP contribution in [0.1, 0.15) is 23.0 Å². The normalized spacial score (nSPS) is 10.4. The third kappa shape index (κ3) is 4.09. The molecule has 0 aliphatic rings. The first kappa shape index (κ1) is 17.7. The van der Waals surface area contributed by atoms with Crippen LogP contribution in [0.4, 0.5) is 11.4 Å². The van der Waals surface area contributed by atoms with E-state index in [-0.39, 0.29) is 5.91 Å². The average Bonchev–Trinajstić information content (AvgIpc) is 2.70. The molecule has 0 bridgehead atoms. The number of anilines is 2. The van der Waals surface area contributed by atoms with E-state index in [9.17, 15) is 4.79 Å². The minimum atomic E-state index is -0.0835. The quantitative estimate of drug-likeness (QED) is 0.659. The predicted octanol–water partition coefficient (Wildman–Crippen LogP) is 4.51. The molecule has 0 saturated carbocycles. The second-order valence-corrected chi connectivity index (χ2v) is 6.13. The lowest BCUT2D eigenvalue weighted by atomic mass is 10.2. The molecule has 26 heavy (non-hydrogen) atoms.